The first-order valence-electron chi connectivity index (χ1n) is 8.51. The lowest BCUT2D eigenvalue weighted by Gasteiger charge is -2.34. The van der Waals surface area contributed by atoms with Crippen LogP contribution in [0.1, 0.15) is 12.8 Å². The largest absolute Gasteiger partial charge is 0.368 e. The van der Waals surface area contributed by atoms with Gasteiger partial charge in [-0.15, -0.1) is 0 Å². The topological polar surface area (TPSA) is 84.2 Å². The molecule has 2 aromatic rings. The number of hydrogen-bond donors (Lipinski definition) is 0. The van der Waals surface area contributed by atoms with Crippen LogP contribution >= 0.6 is 11.6 Å². The molecule has 8 nitrogen and oxygen atoms in total. The maximum Gasteiger partial charge on any atom is 0.262 e. The molecule has 1 amide bonds. The van der Waals surface area contributed by atoms with Gasteiger partial charge < -0.3 is 9.64 Å². The molecule has 2 saturated heterocycles. The number of halogens is 1. The van der Waals surface area contributed by atoms with Gasteiger partial charge in [-0.2, -0.15) is 4.31 Å². The van der Waals surface area contributed by atoms with Crippen molar-refractivity contribution in [1.82, 2.24) is 18.6 Å². The van der Waals surface area contributed by atoms with Crippen molar-refractivity contribution in [2.45, 2.75) is 24.0 Å². The fourth-order valence-electron chi connectivity index (χ4n) is 3.42. The second kappa shape index (κ2) is 6.80. The zero-order chi connectivity index (χ0) is 18.3. The molecule has 1 atom stereocenters. The Hall–Kier alpha value is -1.68. The van der Waals surface area contributed by atoms with Crippen molar-refractivity contribution >= 4 is 33.2 Å². The Labute approximate surface area is 156 Å². The first-order valence-corrected chi connectivity index (χ1v) is 10.3. The lowest BCUT2D eigenvalue weighted by Crippen LogP contribution is -2.52. The summed E-state index contributed by atoms with van der Waals surface area (Å²) in [5, 5.41) is -0.0808. The van der Waals surface area contributed by atoms with Gasteiger partial charge in [-0.25, -0.2) is 13.4 Å². The summed E-state index contributed by atoms with van der Waals surface area (Å²) in [4.78, 5) is 18.2. The first kappa shape index (κ1) is 17.7. The van der Waals surface area contributed by atoms with E-state index in [0.29, 0.717) is 25.3 Å². The summed E-state index contributed by atoms with van der Waals surface area (Å²) in [6.07, 6.45) is 2.86. The van der Waals surface area contributed by atoms with Gasteiger partial charge in [-0.1, -0.05) is 17.7 Å². The number of rotatable bonds is 3. The molecule has 2 aliphatic rings. The third-order valence-electron chi connectivity index (χ3n) is 4.79. The van der Waals surface area contributed by atoms with Gasteiger partial charge in [0.05, 0.1) is 0 Å². The molecule has 0 aliphatic carbocycles. The van der Waals surface area contributed by atoms with Crippen LogP contribution in [0.4, 0.5) is 0 Å². The summed E-state index contributed by atoms with van der Waals surface area (Å²) in [7, 11) is -3.81. The molecule has 4 rings (SSSR count). The first-order chi connectivity index (χ1) is 12.5. The molecule has 0 radical (unpaired) electrons. The van der Waals surface area contributed by atoms with E-state index in [4.69, 9.17) is 16.3 Å². The van der Waals surface area contributed by atoms with Crippen molar-refractivity contribution in [2.24, 2.45) is 0 Å². The number of fused-ring (bicyclic) bond motifs is 1. The fourth-order valence-corrected chi connectivity index (χ4v) is 5.44. The SMILES string of the molecule is O=C(C1CCCO1)N1CCN(S(=O)(=O)c2c(Cl)nc3ccccn23)CC1. The van der Waals surface area contributed by atoms with Gasteiger partial charge in [0.15, 0.2) is 10.2 Å². The third-order valence-corrected chi connectivity index (χ3v) is 7.09. The molecule has 0 spiro atoms. The van der Waals surface area contributed by atoms with Crippen LogP contribution in [0.15, 0.2) is 29.4 Å². The molecule has 1 unspecified atom stereocenters. The van der Waals surface area contributed by atoms with E-state index in [2.05, 4.69) is 4.98 Å². The lowest BCUT2D eigenvalue weighted by molar-refractivity contribution is -0.142. The number of hydrogen-bond acceptors (Lipinski definition) is 5. The zero-order valence-electron chi connectivity index (χ0n) is 14.0. The molecule has 26 heavy (non-hydrogen) atoms. The average molecular weight is 399 g/mol. The summed E-state index contributed by atoms with van der Waals surface area (Å²) >= 11 is 6.12. The van der Waals surface area contributed by atoms with E-state index in [9.17, 15) is 13.2 Å². The van der Waals surface area contributed by atoms with Crippen molar-refractivity contribution in [1.29, 1.82) is 0 Å². The second-order valence-corrected chi connectivity index (χ2v) is 8.58. The van der Waals surface area contributed by atoms with Crippen molar-refractivity contribution < 1.29 is 17.9 Å². The van der Waals surface area contributed by atoms with Gasteiger partial charge in [0, 0.05) is 39.0 Å². The van der Waals surface area contributed by atoms with E-state index in [1.54, 1.807) is 29.3 Å². The minimum Gasteiger partial charge on any atom is -0.368 e. The lowest BCUT2D eigenvalue weighted by atomic mass is 10.2. The zero-order valence-corrected chi connectivity index (χ0v) is 15.6. The van der Waals surface area contributed by atoms with Crippen LogP contribution in [0.3, 0.4) is 0 Å². The van der Waals surface area contributed by atoms with Crippen LogP contribution in [-0.4, -0.2) is 71.8 Å². The van der Waals surface area contributed by atoms with Gasteiger partial charge in [-0.3, -0.25) is 9.20 Å². The smallest absolute Gasteiger partial charge is 0.262 e. The molecule has 2 aromatic heterocycles. The number of aromatic nitrogens is 2. The Bertz CT molecular complexity index is 931. The van der Waals surface area contributed by atoms with Crippen molar-refractivity contribution in [3.8, 4) is 0 Å². The number of carbonyl (C=O) groups is 1. The number of pyridine rings is 1. The molecule has 2 aliphatic heterocycles. The summed E-state index contributed by atoms with van der Waals surface area (Å²) < 4.78 is 34.4. The Morgan fingerprint density at radius 1 is 1.23 bits per heavy atom. The Morgan fingerprint density at radius 3 is 2.69 bits per heavy atom. The highest BCUT2D eigenvalue weighted by molar-refractivity contribution is 7.89. The van der Waals surface area contributed by atoms with Crippen molar-refractivity contribution in [3.05, 3.63) is 29.5 Å². The van der Waals surface area contributed by atoms with Crippen molar-refractivity contribution in [3.63, 3.8) is 0 Å². The van der Waals surface area contributed by atoms with Gasteiger partial charge in [0.2, 0.25) is 0 Å². The third kappa shape index (κ3) is 2.98. The fraction of sp³-hybridized carbons (Fsp3) is 0.500. The van der Waals surface area contributed by atoms with Crippen LogP contribution in [-0.2, 0) is 19.6 Å². The van der Waals surface area contributed by atoms with E-state index in [-0.39, 0.29) is 35.3 Å². The number of sulfonamides is 1. The number of imidazole rings is 1. The van der Waals surface area contributed by atoms with Gasteiger partial charge in [-0.05, 0) is 25.0 Å². The molecule has 0 saturated carbocycles. The quantitative estimate of drug-likeness (QED) is 0.770. The minimum atomic E-state index is -3.81. The molecule has 140 valence electrons. The number of carbonyl (C=O) groups excluding carboxylic acids is 1. The molecular weight excluding hydrogens is 380 g/mol. The summed E-state index contributed by atoms with van der Waals surface area (Å²) in [5.74, 6) is -0.0487. The Balaban J connectivity index is 1.53. The number of piperazine rings is 1. The Kier molecular flexibility index (Phi) is 4.64. The predicted octanol–water partition coefficient (Wildman–Crippen LogP) is 1.000. The van der Waals surface area contributed by atoms with Gasteiger partial charge in [0.1, 0.15) is 11.8 Å². The van der Waals surface area contributed by atoms with Crippen LogP contribution in [0.5, 0.6) is 0 Å². The summed E-state index contributed by atoms with van der Waals surface area (Å²) in [5.41, 5.74) is 0.475. The molecule has 0 aromatic carbocycles. The standard InChI is InChI=1S/C16H19ClN4O4S/c17-14-16(21-6-2-1-5-13(21)18-14)26(23,24)20-9-7-19(8-10-20)15(22)12-4-3-11-25-12/h1-2,5-6,12H,3-4,7-11H2. The average Bonchev–Trinajstić information content (AvgIpc) is 3.28. The van der Waals surface area contributed by atoms with Gasteiger partial charge in [0.25, 0.3) is 15.9 Å². The molecule has 2 fully saturated rings. The molecule has 0 N–H and O–H groups in total. The van der Waals surface area contributed by atoms with Crippen LogP contribution in [0, 0.1) is 0 Å². The minimum absolute atomic E-state index is 0.0336. The van der Waals surface area contributed by atoms with Crippen LogP contribution in [0.25, 0.3) is 5.65 Å². The normalized spacial score (nSPS) is 22.2. The van der Waals surface area contributed by atoms with Gasteiger partial charge >= 0.3 is 0 Å². The van der Waals surface area contributed by atoms with E-state index in [0.717, 1.165) is 12.8 Å². The van der Waals surface area contributed by atoms with E-state index in [1.165, 1.54) is 8.71 Å². The maximum atomic E-state index is 13.1. The maximum absolute atomic E-state index is 13.1. The number of ether oxygens (including phenoxy) is 1. The molecule has 0 bridgehead atoms. The molecule has 10 heteroatoms. The second-order valence-electron chi connectivity index (χ2n) is 6.37. The molecule has 4 heterocycles. The van der Waals surface area contributed by atoms with E-state index < -0.39 is 10.0 Å². The summed E-state index contributed by atoms with van der Waals surface area (Å²) in [6, 6.07) is 5.19. The van der Waals surface area contributed by atoms with Crippen LogP contribution < -0.4 is 0 Å². The monoisotopic (exact) mass is 398 g/mol. The van der Waals surface area contributed by atoms with E-state index in [1.807, 2.05) is 0 Å². The highest BCUT2D eigenvalue weighted by atomic mass is 35.5. The highest BCUT2D eigenvalue weighted by Gasteiger charge is 2.36. The summed E-state index contributed by atoms with van der Waals surface area (Å²) in [6.45, 7) is 1.73. The van der Waals surface area contributed by atoms with Crippen LogP contribution in [0.2, 0.25) is 5.15 Å². The number of nitrogens with zero attached hydrogens (tertiary/aromatic N) is 4. The Morgan fingerprint density at radius 2 is 2.00 bits per heavy atom. The number of amides is 1. The molecular formula is C16H19ClN4O4S. The predicted molar refractivity (Wildman–Crippen MR) is 94.5 cm³/mol. The highest BCUT2D eigenvalue weighted by Crippen LogP contribution is 2.26. The van der Waals surface area contributed by atoms with Crippen molar-refractivity contribution in [2.75, 3.05) is 32.8 Å². The van der Waals surface area contributed by atoms with E-state index >= 15 is 0 Å².